The molecule has 0 aliphatic carbocycles. The van der Waals surface area contributed by atoms with Crippen molar-refractivity contribution in [1.29, 1.82) is 0 Å². The van der Waals surface area contributed by atoms with Crippen molar-refractivity contribution in [3.8, 4) is 0 Å². The summed E-state index contributed by atoms with van der Waals surface area (Å²) in [5.74, 6) is -0.957. The summed E-state index contributed by atoms with van der Waals surface area (Å²) < 4.78 is 13.4. The molecule has 1 aliphatic rings. The molecule has 188 valence electrons. The number of hydrogen-bond acceptors (Lipinski definition) is 5. The minimum atomic E-state index is -0.998. The average molecular weight is 505 g/mol. The van der Waals surface area contributed by atoms with Gasteiger partial charge in [-0.15, -0.1) is 0 Å². The van der Waals surface area contributed by atoms with Crippen molar-refractivity contribution in [2.45, 2.75) is 32.7 Å². The Bertz CT molecular complexity index is 1040. The van der Waals surface area contributed by atoms with E-state index in [0.717, 1.165) is 17.0 Å². The first-order valence-corrected chi connectivity index (χ1v) is 11.9. The van der Waals surface area contributed by atoms with Gasteiger partial charge in [0.05, 0.1) is 24.3 Å². The zero-order valence-corrected chi connectivity index (χ0v) is 20.4. The average Bonchev–Trinajstić information content (AvgIpc) is 2.88. The molecule has 3 N–H and O–H groups in total. The molecule has 10 heteroatoms. The molecule has 3 rings (SSSR count). The molecule has 2 aromatic carbocycles. The van der Waals surface area contributed by atoms with E-state index in [-0.39, 0.29) is 36.5 Å². The van der Waals surface area contributed by atoms with Crippen LogP contribution in [0.5, 0.6) is 0 Å². The van der Waals surface area contributed by atoms with Gasteiger partial charge in [-0.2, -0.15) is 5.06 Å². The SMILES string of the molecule is CCc1ccc(N(C=O)OCC2(C(=O)NCc3ccc(F)cc3Cl)CCN(C(=O)CN)CC2)cc1. The van der Waals surface area contributed by atoms with E-state index in [1.807, 2.05) is 19.1 Å². The molecule has 0 saturated carbocycles. The Balaban J connectivity index is 1.74. The number of hydroxylamine groups is 1. The van der Waals surface area contributed by atoms with Crippen LogP contribution in [0.2, 0.25) is 5.02 Å². The van der Waals surface area contributed by atoms with Gasteiger partial charge in [0.15, 0.2) is 0 Å². The van der Waals surface area contributed by atoms with Gasteiger partial charge in [0.25, 0.3) is 0 Å². The summed E-state index contributed by atoms with van der Waals surface area (Å²) in [7, 11) is 0. The number of aryl methyl sites for hydroxylation is 1. The summed E-state index contributed by atoms with van der Waals surface area (Å²) in [6, 6.07) is 11.3. The van der Waals surface area contributed by atoms with E-state index >= 15 is 0 Å². The Morgan fingerprint density at radius 3 is 2.49 bits per heavy atom. The second kappa shape index (κ2) is 12.1. The third kappa shape index (κ3) is 6.56. The van der Waals surface area contributed by atoms with Crippen LogP contribution in [-0.4, -0.2) is 49.4 Å². The molecular weight excluding hydrogens is 475 g/mol. The number of piperidine rings is 1. The van der Waals surface area contributed by atoms with Gasteiger partial charge in [0.1, 0.15) is 5.82 Å². The lowest BCUT2D eigenvalue weighted by Gasteiger charge is -2.40. The van der Waals surface area contributed by atoms with Crippen LogP contribution < -0.4 is 16.1 Å². The number of carbonyl (C=O) groups excluding carboxylic acids is 3. The molecule has 0 aromatic heterocycles. The van der Waals surface area contributed by atoms with Crippen molar-refractivity contribution in [3.05, 3.63) is 64.4 Å². The van der Waals surface area contributed by atoms with E-state index in [2.05, 4.69) is 5.32 Å². The molecule has 1 heterocycles. The number of amides is 3. The summed E-state index contributed by atoms with van der Waals surface area (Å²) >= 11 is 6.10. The Hall–Kier alpha value is -3.01. The van der Waals surface area contributed by atoms with E-state index in [1.165, 1.54) is 18.2 Å². The van der Waals surface area contributed by atoms with E-state index in [0.29, 0.717) is 43.6 Å². The van der Waals surface area contributed by atoms with Crippen molar-refractivity contribution in [2.24, 2.45) is 11.1 Å². The number of nitrogens with one attached hydrogen (secondary N) is 1. The minimum absolute atomic E-state index is 0.0745. The lowest BCUT2D eigenvalue weighted by Crippen LogP contribution is -2.53. The van der Waals surface area contributed by atoms with Gasteiger partial charge in [-0.25, -0.2) is 4.39 Å². The maximum atomic E-state index is 13.4. The highest BCUT2D eigenvalue weighted by Gasteiger charge is 2.43. The van der Waals surface area contributed by atoms with Crippen LogP contribution in [0.3, 0.4) is 0 Å². The molecule has 0 spiro atoms. The molecule has 1 saturated heterocycles. The van der Waals surface area contributed by atoms with Gasteiger partial charge in [0.2, 0.25) is 18.2 Å². The molecule has 0 atom stereocenters. The van der Waals surface area contributed by atoms with Gasteiger partial charge in [-0.05, 0) is 54.7 Å². The third-order valence-electron chi connectivity index (χ3n) is 6.36. The summed E-state index contributed by atoms with van der Waals surface area (Å²) in [4.78, 5) is 44.6. The number of likely N-dealkylation sites (tertiary alicyclic amines) is 1. The molecule has 1 fully saturated rings. The highest BCUT2D eigenvalue weighted by Crippen LogP contribution is 2.33. The number of halogens is 2. The molecule has 35 heavy (non-hydrogen) atoms. The largest absolute Gasteiger partial charge is 0.351 e. The van der Waals surface area contributed by atoms with Crippen LogP contribution in [-0.2, 0) is 32.2 Å². The number of nitrogens with two attached hydrogens (primary N) is 1. The first-order chi connectivity index (χ1) is 16.8. The van der Waals surface area contributed by atoms with Gasteiger partial charge >= 0.3 is 0 Å². The molecule has 2 aromatic rings. The Morgan fingerprint density at radius 1 is 1.23 bits per heavy atom. The van der Waals surface area contributed by atoms with Crippen LogP contribution in [0.15, 0.2) is 42.5 Å². The minimum Gasteiger partial charge on any atom is -0.351 e. The molecule has 3 amide bonds. The highest BCUT2D eigenvalue weighted by molar-refractivity contribution is 6.31. The monoisotopic (exact) mass is 504 g/mol. The standard InChI is InChI=1S/C25H30ClFN4O4/c1-2-18-3-7-21(8-4-18)31(17-32)35-16-25(9-11-30(12-10-25)23(33)14-28)24(34)29-15-19-5-6-20(27)13-22(19)26/h3-8,13,17H,2,9-12,14-16,28H2,1H3,(H,29,34). The van der Waals surface area contributed by atoms with Gasteiger partial charge in [-0.3, -0.25) is 19.2 Å². The lowest BCUT2D eigenvalue weighted by atomic mass is 9.78. The Kier molecular flexibility index (Phi) is 9.20. The summed E-state index contributed by atoms with van der Waals surface area (Å²) in [6.07, 6.45) is 2.06. The van der Waals surface area contributed by atoms with E-state index < -0.39 is 11.2 Å². The van der Waals surface area contributed by atoms with E-state index in [9.17, 15) is 18.8 Å². The van der Waals surface area contributed by atoms with Crippen LogP contribution in [0.4, 0.5) is 10.1 Å². The molecule has 0 radical (unpaired) electrons. The Morgan fingerprint density at radius 2 is 1.91 bits per heavy atom. The number of nitrogens with zero attached hydrogens (tertiary/aromatic N) is 2. The predicted molar refractivity (Wildman–Crippen MR) is 131 cm³/mol. The fourth-order valence-electron chi connectivity index (χ4n) is 4.02. The number of carbonyl (C=O) groups is 3. The molecule has 8 nitrogen and oxygen atoms in total. The molecule has 0 bridgehead atoms. The number of anilines is 1. The third-order valence-corrected chi connectivity index (χ3v) is 6.71. The van der Waals surface area contributed by atoms with Gasteiger partial charge < -0.3 is 16.0 Å². The summed E-state index contributed by atoms with van der Waals surface area (Å²) in [6.45, 7) is 2.61. The molecule has 0 unspecified atom stereocenters. The van der Waals surface area contributed by atoms with Crippen molar-refractivity contribution in [3.63, 3.8) is 0 Å². The predicted octanol–water partition coefficient (Wildman–Crippen LogP) is 2.82. The normalized spacial score (nSPS) is 14.9. The number of hydrogen-bond donors (Lipinski definition) is 2. The van der Waals surface area contributed by atoms with Gasteiger partial charge in [-0.1, -0.05) is 36.7 Å². The first kappa shape index (κ1) is 26.6. The van der Waals surface area contributed by atoms with Crippen molar-refractivity contribution in [1.82, 2.24) is 10.2 Å². The van der Waals surface area contributed by atoms with Crippen LogP contribution in [0, 0.1) is 11.2 Å². The number of benzene rings is 2. The van der Waals surface area contributed by atoms with Gasteiger partial charge in [0, 0.05) is 24.7 Å². The second-order valence-corrected chi connectivity index (χ2v) is 8.92. The maximum absolute atomic E-state index is 13.4. The highest BCUT2D eigenvalue weighted by atomic mass is 35.5. The van der Waals surface area contributed by atoms with Crippen molar-refractivity contribution in [2.75, 3.05) is 31.3 Å². The van der Waals surface area contributed by atoms with Crippen LogP contribution in [0.25, 0.3) is 0 Å². The van der Waals surface area contributed by atoms with Crippen molar-refractivity contribution < 1.29 is 23.6 Å². The topological polar surface area (TPSA) is 105 Å². The Labute approximate surface area is 209 Å². The van der Waals surface area contributed by atoms with E-state index in [1.54, 1.807) is 17.0 Å². The van der Waals surface area contributed by atoms with E-state index in [4.69, 9.17) is 22.2 Å². The van der Waals surface area contributed by atoms with Crippen LogP contribution in [0.1, 0.15) is 30.9 Å². The summed E-state index contributed by atoms with van der Waals surface area (Å²) in [5.41, 5.74) is 6.72. The fraction of sp³-hybridized carbons (Fsp3) is 0.400. The molecular formula is C25H30ClFN4O4. The van der Waals surface area contributed by atoms with Crippen molar-refractivity contribution >= 4 is 35.5 Å². The zero-order valence-electron chi connectivity index (χ0n) is 19.6. The maximum Gasteiger partial charge on any atom is 0.238 e. The van der Waals surface area contributed by atoms with Crippen LogP contribution >= 0.6 is 11.6 Å². The zero-order chi connectivity index (χ0) is 25.4. The second-order valence-electron chi connectivity index (χ2n) is 8.51. The summed E-state index contributed by atoms with van der Waals surface area (Å²) in [5, 5.41) is 4.17. The fourth-order valence-corrected chi connectivity index (χ4v) is 4.25. The molecule has 1 aliphatic heterocycles. The quantitative estimate of drug-likeness (QED) is 0.382. The first-order valence-electron chi connectivity index (χ1n) is 11.5. The number of rotatable bonds is 10. The smallest absolute Gasteiger partial charge is 0.238 e. The lowest BCUT2D eigenvalue weighted by molar-refractivity contribution is -0.145.